The van der Waals surface area contributed by atoms with Crippen LogP contribution in [0.4, 0.5) is 0 Å². The molecule has 0 amide bonds. The molecule has 0 bridgehead atoms. The minimum absolute atomic E-state index is 0.0281. The van der Waals surface area contributed by atoms with Crippen molar-refractivity contribution in [1.29, 1.82) is 0 Å². The van der Waals surface area contributed by atoms with Crippen LogP contribution in [0.15, 0.2) is 43.0 Å². The zero-order valence-electron chi connectivity index (χ0n) is 9.79. The molecule has 1 aromatic carbocycles. The van der Waals surface area contributed by atoms with Crippen LogP contribution in [0.1, 0.15) is 24.7 Å². The summed E-state index contributed by atoms with van der Waals surface area (Å²) in [5.41, 5.74) is 0.986. The normalized spacial score (nSPS) is 28.9. The number of benzene rings is 1. The summed E-state index contributed by atoms with van der Waals surface area (Å²) in [5, 5.41) is 9.24. The van der Waals surface area contributed by atoms with Gasteiger partial charge in [-0.15, -0.1) is 6.58 Å². The Bertz CT molecular complexity index is 350. The fourth-order valence-corrected chi connectivity index (χ4v) is 2.01. The van der Waals surface area contributed by atoms with Crippen molar-refractivity contribution in [3.63, 3.8) is 0 Å². The SMILES string of the molecule is C=CC[C@@H]1C[C@@H](CO)OC(c2ccccc2)O1. The number of aliphatic hydroxyl groups excluding tert-OH is 1. The van der Waals surface area contributed by atoms with Gasteiger partial charge in [0, 0.05) is 12.0 Å². The van der Waals surface area contributed by atoms with Gasteiger partial charge in [0.05, 0.1) is 18.8 Å². The van der Waals surface area contributed by atoms with Crippen LogP contribution in [0.5, 0.6) is 0 Å². The van der Waals surface area contributed by atoms with Gasteiger partial charge in [-0.3, -0.25) is 0 Å². The molecular weight excluding hydrogens is 216 g/mol. The fourth-order valence-electron chi connectivity index (χ4n) is 2.01. The second-order valence-corrected chi connectivity index (χ2v) is 4.20. The first kappa shape index (κ1) is 12.3. The number of rotatable bonds is 4. The van der Waals surface area contributed by atoms with Gasteiger partial charge >= 0.3 is 0 Å². The van der Waals surface area contributed by atoms with Gasteiger partial charge < -0.3 is 14.6 Å². The molecule has 3 nitrogen and oxygen atoms in total. The van der Waals surface area contributed by atoms with E-state index in [-0.39, 0.29) is 25.1 Å². The van der Waals surface area contributed by atoms with Gasteiger partial charge in [0.2, 0.25) is 0 Å². The average Bonchev–Trinajstić information content (AvgIpc) is 2.40. The second-order valence-electron chi connectivity index (χ2n) is 4.20. The molecular formula is C14H18O3. The molecule has 1 heterocycles. The highest BCUT2D eigenvalue weighted by Crippen LogP contribution is 2.30. The Kier molecular flexibility index (Phi) is 4.31. The summed E-state index contributed by atoms with van der Waals surface area (Å²) in [6.45, 7) is 3.75. The quantitative estimate of drug-likeness (QED) is 0.813. The average molecular weight is 234 g/mol. The number of hydrogen-bond donors (Lipinski definition) is 1. The Morgan fingerprint density at radius 3 is 2.59 bits per heavy atom. The van der Waals surface area contributed by atoms with E-state index < -0.39 is 0 Å². The Balaban J connectivity index is 2.08. The second kappa shape index (κ2) is 5.96. The molecule has 1 aliphatic heterocycles. The Morgan fingerprint density at radius 1 is 1.24 bits per heavy atom. The summed E-state index contributed by atoms with van der Waals surface area (Å²) in [6, 6.07) is 9.79. The third kappa shape index (κ3) is 3.16. The van der Waals surface area contributed by atoms with Gasteiger partial charge in [-0.05, 0) is 6.42 Å². The molecule has 3 atom stereocenters. The van der Waals surface area contributed by atoms with Crippen LogP contribution in [0.2, 0.25) is 0 Å². The van der Waals surface area contributed by atoms with E-state index in [9.17, 15) is 5.11 Å². The molecule has 0 spiro atoms. The number of aliphatic hydroxyl groups is 1. The molecule has 1 saturated heterocycles. The maximum absolute atomic E-state index is 9.24. The van der Waals surface area contributed by atoms with Crippen molar-refractivity contribution in [2.45, 2.75) is 31.3 Å². The van der Waals surface area contributed by atoms with Crippen LogP contribution in [-0.4, -0.2) is 23.9 Å². The van der Waals surface area contributed by atoms with Crippen molar-refractivity contribution in [3.05, 3.63) is 48.6 Å². The van der Waals surface area contributed by atoms with E-state index in [0.29, 0.717) is 6.42 Å². The zero-order valence-corrected chi connectivity index (χ0v) is 9.79. The number of ether oxygens (including phenoxy) is 2. The molecule has 2 rings (SSSR count). The molecule has 1 N–H and O–H groups in total. The standard InChI is InChI=1S/C14H18O3/c1-2-6-12-9-13(10-15)17-14(16-12)11-7-4-3-5-8-11/h2-5,7-8,12-15H,1,6,9-10H2/t12-,13+,14?/m1/s1. The van der Waals surface area contributed by atoms with Gasteiger partial charge in [0.1, 0.15) is 0 Å². The summed E-state index contributed by atoms with van der Waals surface area (Å²) in [4.78, 5) is 0. The molecule has 0 radical (unpaired) electrons. The molecule has 1 aliphatic rings. The first-order valence-electron chi connectivity index (χ1n) is 5.91. The molecule has 17 heavy (non-hydrogen) atoms. The van der Waals surface area contributed by atoms with Crippen LogP contribution >= 0.6 is 0 Å². The highest BCUT2D eigenvalue weighted by atomic mass is 16.7. The van der Waals surface area contributed by atoms with Crippen LogP contribution in [0.25, 0.3) is 0 Å². The fraction of sp³-hybridized carbons (Fsp3) is 0.429. The topological polar surface area (TPSA) is 38.7 Å². The lowest BCUT2D eigenvalue weighted by Gasteiger charge is -2.34. The molecule has 3 heteroatoms. The minimum Gasteiger partial charge on any atom is -0.394 e. The summed E-state index contributed by atoms with van der Waals surface area (Å²) in [6.07, 6.45) is 2.87. The maximum Gasteiger partial charge on any atom is 0.184 e. The van der Waals surface area contributed by atoms with E-state index in [1.165, 1.54) is 0 Å². The van der Waals surface area contributed by atoms with Crippen LogP contribution < -0.4 is 0 Å². The summed E-state index contributed by atoms with van der Waals surface area (Å²) in [5.74, 6) is 0. The summed E-state index contributed by atoms with van der Waals surface area (Å²) in [7, 11) is 0. The third-order valence-electron chi connectivity index (χ3n) is 2.86. The number of hydrogen-bond acceptors (Lipinski definition) is 3. The first-order valence-corrected chi connectivity index (χ1v) is 5.91. The van der Waals surface area contributed by atoms with Crippen LogP contribution in [0, 0.1) is 0 Å². The van der Waals surface area contributed by atoms with Crippen molar-refractivity contribution in [2.75, 3.05) is 6.61 Å². The van der Waals surface area contributed by atoms with Gasteiger partial charge in [-0.25, -0.2) is 0 Å². The lowest BCUT2D eigenvalue weighted by atomic mass is 10.1. The maximum atomic E-state index is 9.24. The predicted octanol–water partition coefficient (Wildman–Crippen LogP) is 2.43. The van der Waals surface area contributed by atoms with Crippen LogP contribution in [0.3, 0.4) is 0 Å². The minimum atomic E-state index is -0.382. The van der Waals surface area contributed by atoms with Gasteiger partial charge in [-0.1, -0.05) is 36.4 Å². The Labute approximate surface area is 102 Å². The summed E-state index contributed by atoms with van der Waals surface area (Å²) < 4.78 is 11.5. The van der Waals surface area contributed by atoms with Crippen LogP contribution in [-0.2, 0) is 9.47 Å². The molecule has 1 fully saturated rings. The summed E-state index contributed by atoms with van der Waals surface area (Å²) >= 11 is 0. The monoisotopic (exact) mass is 234 g/mol. The molecule has 0 aliphatic carbocycles. The Hall–Kier alpha value is -1.16. The van der Waals surface area contributed by atoms with Gasteiger partial charge in [-0.2, -0.15) is 0 Å². The van der Waals surface area contributed by atoms with Crippen molar-refractivity contribution in [1.82, 2.24) is 0 Å². The smallest absolute Gasteiger partial charge is 0.184 e. The van der Waals surface area contributed by atoms with Crippen molar-refractivity contribution < 1.29 is 14.6 Å². The van der Waals surface area contributed by atoms with Crippen molar-refractivity contribution in [2.24, 2.45) is 0 Å². The van der Waals surface area contributed by atoms with Crippen molar-refractivity contribution >= 4 is 0 Å². The van der Waals surface area contributed by atoms with Gasteiger partial charge in [0.25, 0.3) is 0 Å². The lowest BCUT2D eigenvalue weighted by Crippen LogP contribution is -2.35. The van der Waals surface area contributed by atoms with E-state index in [1.807, 2.05) is 36.4 Å². The first-order chi connectivity index (χ1) is 8.33. The zero-order chi connectivity index (χ0) is 12.1. The lowest BCUT2D eigenvalue weighted by molar-refractivity contribution is -0.252. The van der Waals surface area contributed by atoms with Gasteiger partial charge in [0.15, 0.2) is 6.29 Å². The molecule has 0 saturated carbocycles. The molecule has 0 aromatic heterocycles. The molecule has 1 unspecified atom stereocenters. The van der Waals surface area contributed by atoms with E-state index >= 15 is 0 Å². The van der Waals surface area contributed by atoms with E-state index in [0.717, 1.165) is 12.0 Å². The third-order valence-corrected chi connectivity index (χ3v) is 2.86. The molecule has 92 valence electrons. The highest BCUT2D eigenvalue weighted by Gasteiger charge is 2.29. The van der Waals surface area contributed by atoms with E-state index in [2.05, 4.69) is 6.58 Å². The van der Waals surface area contributed by atoms with E-state index in [4.69, 9.17) is 9.47 Å². The largest absolute Gasteiger partial charge is 0.394 e. The molecule has 1 aromatic rings. The highest BCUT2D eigenvalue weighted by molar-refractivity contribution is 5.16. The predicted molar refractivity (Wildman–Crippen MR) is 65.4 cm³/mol. The Morgan fingerprint density at radius 2 is 1.94 bits per heavy atom. The van der Waals surface area contributed by atoms with E-state index in [1.54, 1.807) is 0 Å². The van der Waals surface area contributed by atoms with Crippen molar-refractivity contribution in [3.8, 4) is 0 Å².